The van der Waals surface area contributed by atoms with Crippen LogP contribution in [0.5, 0.6) is 0 Å². The zero-order valence-electron chi connectivity index (χ0n) is 18.3. The number of rotatable bonds is 5. The molecule has 0 bridgehead atoms. The van der Waals surface area contributed by atoms with Gasteiger partial charge in [-0.3, -0.25) is 14.8 Å². The largest absolute Gasteiger partial charge is 0.454 e. The molecule has 0 aliphatic carbocycles. The van der Waals surface area contributed by atoms with E-state index >= 15 is 0 Å². The van der Waals surface area contributed by atoms with Gasteiger partial charge in [0.25, 0.3) is 0 Å². The van der Waals surface area contributed by atoms with Gasteiger partial charge in [-0.1, -0.05) is 12.1 Å². The van der Waals surface area contributed by atoms with Gasteiger partial charge in [0.05, 0.1) is 17.1 Å². The van der Waals surface area contributed by atoms with Crippen molar-refractivity contribution in [2.75, 3.05) is 5.32 Å². The SMILES string of the molecule is Cc1cc([C@@H](C)Nc2cccnc2-c2nn[nH]n2)c2oc(-c3ccccn3)c(C)c(=O)c2c1. The van der Waals surface area contributed by atoms with Crippen LogP contribution in [0, 0.1) is 13.8 Å². The molecule has 0 aliphatic heterocycles. The molecule has 9 nitrogen and oxygen atoms in total. The molecule has 0 saturated carbocycles. The molecule has 4 heterocycles. The van der Waals surface area contributed by atoms with Gasteiger partial charge in [0.15, 0.2) is 11.2 Å². The minimum atomic E-state index is -0.218. The number of aromatic amines is 1. The number of hydrogen-bond donors (Lipinski definition) is 2. The number of fused-ring (bicyclic) bond motifs is 1. The Bertz CT molecular complexity index is 1500. The van der Waals surface area contributed by atoms with E-state index in [4.69, 9.17) is 4.42 Å². The summed E-state index contributed by atoms with van der Waals surface area (Å²) >= 11 is 0. The zero-order chi connectivity index (χ0) is 22.9. The summed E-state index contributed by atoms with van der Waals surface area (Å²) in [5.74, 6) is 0.860. The van der Waals surface area contributed by atoms with Crippen LogP contribution in [0.2, 0.25) is 0 Å². The maximum absolute atomic E-state index is 13.3. The fourth-order valence-electron chi connectivity index (χ4n) is 3.90. The molecule has 4 aromatic heterocycles. The van der Waals surface area contributed by atoms with Crippen molar-refractivity contribution in [3.8, 4) is 23.0 Å². The molecule has 1 aromatic carbocycles. The maximum atomic E-state index is 13.3. The number of aromatic nitrogens is 6. The number of hydrogen-bond acceptors (Lipinski definition) is 8. The lowest BCUT2D eigenvalue weighted by Gasteiger charge is -2.19. The van der Waals surface area contributed by atoms with Crippen LogP contribution in [0.15, 0.2) is 64.1 Å². The summed E-state index contributed by atoms with van der Waals surface area (Å²) in [6, 6.07) is 12.9. The summed E-state index contributed by atoms with van der Waals surface area (Å²) in [5, 5.41) is 18.2. The van der Waals surface area contributed by atoms with Gasteiger partial charge in [-0.15, -0.1) is 10.2 Å². The first-order valence-electron chi connectivity index (χ1n) is 10.5. The molecule has 2 N–H and O–H groups in total. The highest BCUT2D eigenvalue weighted by atomic mass is 16.3. The van der Waals surface area contributed by atoms with Gasteiger partial charge in [-0.2, -0.15) is 5.21 Å². The first-order valence-corrected chi connectivity index (χ1v) is 10.5. The van der Waals surface area contributed by atoms with Crippen molar-refractivity contribution in [3.05, 3.63) is 81.8 Å². The van der Waals surface area contributed by atoms with E-state index in [1.807, 2.05) is 56.3 Å². The van der Waals surface area contributed by atoms with Gasteiger partial charge in [0.2, 0.25) is 5.82 Å². The van der Waals surface area contributed by atoms with E-state index in [0.29, 0.717) is 39.5 Å². The normalized spacial score (nSPS) is 12.1. The Labute approximate surface area is 188 Å². The molecule has 5 aromatic rings. The van der Waals surface area contributed by atoms with E-state index in [1.54, 1.807) is 19.3 Å². The number of tetrazole rings is 1. The molecule has 0 amide bonds. The number of nitrogens with zero attached hydrogens (tertiary/aromatic N) is 5. The fourth-order valence-corrected chi connectivity index (χ4v) is 3.90. The topological polar surface area (TPSA) is 122 Å². The molecule has 0 saturated heterocycles. The number of aryl methyl sites for hydroxylation is 1. The van der Waals surface area contributed by atoms with Gasteiger partial charge in [0.1, 0.15) is 17.0 Å². The standard InChI is InChI=1S/C24H21N7O2/c1-13-11-16(15(3)27-18-8-6-10-26-20(18)24-28-30-31-29-24)23-17(12-13)21(32)14(2)22(33-23)19-7-4-5-9-25-19/h4-12,15,27H,1-3H3,(H,28,29,30,31)/t15-/m1/s1. The van der Waals surface area contributed by atoms with Gasteiger partial charge in [0, 0.05) is 23.5 Å². The highest BCUT2D eigenvalue weighted by Gasteiger charge is 2.20. The van der Waals surface area contributed by atoms with Crippen LogP contribution < -0.4 is 10.7 Å². The Hall–Kier alpha value is -4.40. The number of pyridine rings is 2. The smallest absolute Gasteiger partial charge is 0.225 e. The third kappa shape index (κ3) is 3.73. The molecule has 0 fully saturated rings. The van der Waals surface area contributed by atoms with Crippen molar-refractivity contribution in [2.45, 2.75) is 26.8 Å². The molecule has 0 spiro atoms. The summed E-state index contributed by atoms with van der Waals surface area (Å²) in [6.45, 7) is 5.74. The Kier molecular flexibility index (Phi) is 5.14. The molecule has 5 rings (SSSR count). The summed E-state index contributed by atoms with van der Waals surface area (Å²) in [7, 11) is 0. The second-order valence-electron chi connectivity index (χ2n) is 7.83. The number of anilines is 1. The van der Waals surface area contributed by atoms with Crippen LogP contribution in [0.4, 0.5) is 5.69 Å². The minimum Gasteiger partial charge on any atom is -0.454 e. The third-order valence-corrected chi connectivity index (χ3v) is 5.49. The monoisotopic (exact) mass is 439 g/mol. The molecule has 164 valence electrons. The number of benzene rings is 1. The molecular weight excluding hydrogens is 418 g/mol. The summed E-state index contributed by atoms with van der Waals surface area (Å²) < 4.78 is 6.35. The number of H-pyrrole nitrogens is 1. The van der Waals surface area contributed by atoms with Crippen molar-refractivity contribution in [1.82, 2.24) is 30.6 Å². The van der Waals surface area contributed by atoms with E-state index < -0.39 is 0 Å². The van der Waals surface area contributed by atoms with Gasteiger partial charge < -0.3 is 9.73 Å². The Morgan fingerprint density at radius 1 is 1.06 bits per heavy atom. The highest BCUT2D eigenvalue weighted by Crippen LogP contribution is 2.32. The molecule has 1 atom stereocenters. The second kappa shape index (κ2) is 8.27. The van der Waals surface area contributed by atoms with E-state index in [1.165, 1.54) is 0 Å². The minimum absolute atomic E-state index is 0.0667. The molecule has 0 radical (unpaired) electrons. The first-order chi connectivity index (χ1) is 16.0. The van der Waals surface area contributed by atoms with Gasteiger partial charge >= 0.3 is 0 Å². The van der Waals surface area contributed by atoms with Crippen LogP contribution in [0.1, 0.15) is 29.7 Å². The van der Waals surface area contributed by atoms with E-state index in [0.717, 1.165) is 16.8 Å². The first kappa shape index (κ1) is 20.5. The van der Waals surface area contributed by atoms with Crippen molar-refractivity contribution < 1.29 is 4.42 Å². The molecule has 0 unspecified atom stereocenters. The predicted molar refractivity (Wildman–Crippen MR) is 125 cm³/mol. The predicted octanol–water partition coefficient (Wildman–Crippen LogP) is 4.22. The van der Waals surface area contributed by atoms with Crippen molar-refractivity contribution in [2.24, 2.45) is 0 Å². The molecule has 0 aliphatic rings. The Morgan fingerprint density at radius 2 is 1.91 bits per heavy atom. The average molecular weight is 439 g/mol. The molecule has 33 heavy (non-hydrogen) atoms. The lowest BCUT2D eigenvalue weighted by molar-refractivity contribution is 0.603. The lowest BCUT2D eigenvalue weighted by Crippen LogP contribution is -2.13. The zero-order valence-corrected chi connectivity index (χ0v) is 18.3. The highest BCUT2D eigenvalue weighted by molar-refractivity contribution is 5.84. The van der Waals surface area contributed by atoms with Crippen LogP contribution >= 0.6 is 0 Å². The van der Waals surface area contributed by atoms with Crippen LogP contribution in [0.25, 0.3) is 33.9 Å². The Balaban J connectivity index is 1.64. The molecule has 9 heteroatoms. The maximum Gasteiger partial charge on any atom is 0.225 e. The quantitative estimate of drug-likeness (QED) is 0.417. The van der Waals surface area contributed by atoms with E-state index in [9.17, 15) is 4.79 Å². The Morgan fingerprint density at radius 3 is 2.67 bits per heavy atom. The van der Waals surface area contributed by atoms with Gasteiger partial charge in [-0.25, -0.2) is 0 Å². The van der Waals surface area contributed by atoms with Gasteiger partial charge in [-0.05, 0) is 61.9 Å². The van der Waals surface area contributed by atoms with Crippen LogP contribution in [-0.4, -0.2) is 30.6 Å². The van der Waals surface area contributed by atoms with Crippen LogP contribution in [-0.2, 0) is 0 Å². The summed E-state index contributed by atoms with van der Waals surface area (Å²) in [5.41, 5.74) is 4.74. The van der Waals surface area contributed by atoms with Crippen LogP contribution in [0.3, 0.4) is 0 Å². The van der Waals surface area contributed by atoms with Crippen molar-refractivity contribution >= 4 is 16.7 Å². The van der Waals surface area contributed by atoms with Crippen molar-refractivity contribution in [1.29, 1.82) is 0 Å². The number of nitrogens with one attached hydrogen (secondary N) is 2. The molecular formula is C24H21N7O2. The van der Waals surface area contributed by atoms with E-state index in [2.05, 4.69) is 35.9 Å². The summed E-state index contributed by atoms with van der Waals surface area (Å²) in [6.07, 6.45) is 3.35. The average Bonchev–Trinajstić information content (AvgIpc) is 3.37. The fraction of sp³-hybridized carbons (Fsp3) is 0.167. The summed E-state index contributed by atoms with van der Waals surface area (Å²) in [4.78, 5) is 22.0. The van der Waals surface area contributed by atoms with E-state index in [-0.39, 0.29) is 11.5 Å². The third-order valence-electron chi connectivity index (χ3n) is 5.49. The lowest BCUT2D eigenvalue weighted by atomic mass is 9.99. The second-order valence-corrected chi connectivity index (χ2v) is 7.83. The van der Waals surface area contributed by atoms with Crippen molar-refractivity contribution in [3.63, 3.8) is 0 Å².